The Bertz CT molecular complexity index is 957. The van der Waals surface area contributed by atoms with Crippen LogP contribution in [0.2, 0.25) is 0 Å². The van der Waals surface area contributed by atoms with Gasteiger partial charge < -0.3 is 14.6 Å². The van der Waals surface area contributed by atoms with Gasteiger partial charge in [-0.2, -0.15) is 4.98 Å². The standard InChI is InChI=1S/C19H17F3N4O3/c1-11(2)15(18-25-16(26-29-18)12-7-9-23-10-8-12)24-17(27)13-3-5-14(6-4-13)28-19(20,21)22/h3-11,15H,1-2H3,(H,24,27)/t15-/m1/s1. The highest BCUT2D eigenvalue weighted by Gasteiger charge is 2.31. The molecule has 7 nitrogen and oxygen atoms in total. The van der Waals surface area contributed by atoms with Gasteiger partial charge in [0.2, 0.25) is 11.7 Å². The predicted molar refractivity (Wildman–Crippen MR) is 95.7 cm³/mol. The minimum atomic E-state index is -4.79. The lowest BCUT2D eigenvalue weighted by atomic mass is 10.0. The second-order valence-electron chi connectivity index (χ2n) is 6.46. The molecule has 0 saturated heterocycles. The van der Waals surface area contributed by atoms with E-state index in [-0.39, 0.29) is 17.4 Å². The Labute approximate surface area is 163 Å². The van der Waals surface area contributed by atoms with Crippen molar-refractivity contribution >= 4 is 5.91 Å². The molecule has 2 aromatic heterocycles. The summed E-state index contributed by atoms with van der Waals surface area (Å²) in [7, 11) is 0. The molecule has 1 aromatic carbocycles. The molecule has 0 fully saturated rings. The maximum Gasteiger partial charge on any atom is 0.573 e. The Morgan fingerprint density at radius 2 is 1.76 bits per heavy atom. The van der Waals surface area contributed by atoms with Crippen LogP contribution in [0.5, 0.6) is 5.75 Å². The first-order chi connectivity index (χ1) is 13.7. The lowest BCUT2D eigenvalue weighted by Gasteiger charge is -2.18. The van der Waals surface area contributed by atoms with Crippen LogP contribution in [0.1, 0.15) is 36.1 Å². The van der Waals surface area contributed by atoms with E-state index in [2.05, 4.69) is 25.2 Å². The lowest BCUT2D eigenvalue weighted by molar-refractivity contribution is -0.274. The van der Waals surface area contributed by atoms with E-state index in [4.69, 9.17) is 4.52 Å². The van der Waals surface area contributed by atoms with E-state index in [0.717, 1.165) is 12.1 Å². The van der Waals surface area contributed by atoms with Crippen molar-refractivity contribution in [2.45, 2.75) is 26.3 Å². The van der Waals surface area contributed by atoms with Crippen molar-refractivity contribution in [2.24, 2.45) is 5.92 Å². The van der Waals surface area contributed by atoms with E-state index in [9.17, 15) is 18.0 Å². The molecule has 3 aromatic rings. The molecule has 2 heterocycles. The lowest BCUT2D eigenvalue weighted by Crippen LogP contribution is -2.32. The van der Waals surface area contributed by atoms with Crippen molar-refractivity contribution in [1.29, 1.82) is 0 Å². The molecule has 3 rings (SSSR count). The molecule has 0 radical (unpaired) electrons. The summed E-state index contributed by atoms with van der Waals surface area (Å²) in [5.41, 5.74) is 0.878. The van der Waals surface area contributed by atoms with Crippen LogP contribution in [0.3, 0.4) is 0 Å². The van der Waals surface area contributed by atoms with Crippen molar-refractivity contribution in [3.8, 4) is 17.1 Å². The van der Waals surface area contributed by atoms with Crippen molar-refractivity contribution < 1.29 is 27.2 Å². The van der Waals surface area contributed by atoms with E-state index in [1.165, 1.54) is 12.1 Å². The fraction of sp³-hybridized carbons (Fsp3) is 0.263. The molecule has 152 valence electrons. The van der Waals surface area contributed by atoms with Crippen molar-refractivity contribution in [3.63, 3.8) is 0 Å². The van der Waals surface area contributed by atoms with Crippen LogP contribution in [0.15, 0.2) is 53.3 Å². The summed E-state index contributed by atoms with van der Waals surface area (Å²) in [4.78, 5) is 20.8. The normalized spacial score (nSPS) is 12.6. The summed E-state index contributed by atoms with van der Waals surface area (Å²) in [6, 6.07) is 7.48. The summed E-state index contributed by atoms with van der Waals surface area (Å²) < 4.78 is 45.8. The molecular weight excluding hydrogens is 389 g/mol. The van der Waals surface area contributed by atoms with E-state index in [1.807, 2.05) is 13.8 Å². The van der Waals surface area contributed by atoms with Gasteiger partial charge in [-0.15, -0.1) is 13.2 Å². The quantitative estimate of drug-likeness (QED) is 0.661. The zero-order valence-corrected chi connectivity index (χ0v) is 15.5. The summed E-state index contributed by atoms with van der Waals surface area (Å²) >= 11 is 0. The molecule has 0 unspecified atom stereocenters. The van der Waals surface area contributed by atoms with E-state index < -0.39 is 24.1 Å². The zero-order valence-electron chi connectivity index (χ0n) is 15.5. The summed E-state index contributed by atoms with van der Waals surface area (Å²) in [6.07, 6.45) is -1.60. The molecule has 1 atom stereocenters. The van der Waals surface area contributed by atoms with Crippen molar-refractivity contribution in [2.75, 3.05) is 0 Å². The molecule has 0 bridgehead atoms. The molecule has 0 saturated carbocycles. The van der Waals surface area contributed by atoms with Gasteiger partial charge in [0, 0.05) is 23.5 Å². The Balaban J connectivity index is 1.74. The number of halogens is 3. The number of nitrogens with one attached hydrogen (secondary N) is 1. The van der Waals surface area contributed by atoms with Gasteiger partial charge in [0.05, 0.1) is 0 Å². The van der Waals surface area contributed by atoms with Crippen LogP contribution in [0, 0.1) is 5.92 Å². The Morgan fingerprint density at radius 3 is 2.34 bits per heavy atom. The Kier molecular flexibility index (Phi) is 5.81. The second-order valence-corrected chi connectivity index (χ2v) is 6.46. The third-order valence-electron chi connectivity index (χ3n) is 3.95. The minimum Gasteiger partial charge on any atom is -0.406 e. The molecule has 10 heteroatoms. The average Bonchev–Trinajstić information content (AvgIpc) is 3.15. The number of rotatable bonds is 6. The number of ether oxygens (including phenoxy) is 1. The monoisotopic (exact) mass is 406 g/mol. The first kappa shape index (κ1) is 20.3. The molecule has 0 aliphatic heterocycles. The van der Waals surface area contributed by atoms with E-state index in [1.54, 1.807) is 24.5 Å². The third kappa shape index (κ3) is 5.31. The number of hydrogen-bond acceptors (Lipinski definition) is 6. The number of carbonyl (C=O) groups is 1. The fourth-order valence-electron chi connectivity index (χ4n) is 2.53. The molecule has 0 aliphatic rings. The van der Waals surface area contributed by atoms with Crippen molar-refractivity contribution in [3.05, 3.63) is 60.2 Å². The molecule has 0 aliphatic carbocycles. The first-order valence-corrected chi connectivity index (χ1v) is 8.63. The van der Waals surface area contributed by atoms with Gasteiger partial charge >= 0.3 is 6.36 Å². The summed E-state index contributed by atoms with van der Waals surface area (Å²) in [5.74, 6) is -0.412. The van der Waals surface area contributed by atoms with Crippen molar-refractivity contribution in [1.82, 2.24) is 20.4 Å². The molecule has 29 heavy (non-hydrogen) atoms. The highest BCUT2D eigenvalue weighted by atomic mass is 19.4. The highest BCUT2D eigenvalue weighted by molar-refractivity contribution is 5.94. The van der Waals surface area contributed by atoms with Crippen LogP contribution in [-0.4, -0.2) is 27.4 Å². The molecule has 1 amide bonds. The number of pyridine rings is 1. The molecule has 0 spiro atoms. The number of amides is 1. The summed E-state index contributed by atoms with van der Waals surface area (Å²) in [5, 5.41) is 6.70. The van der Waals surface area contributed by atoms with Gasteiger partial charge in [0.15, 0.2) is 0 Å². The number of carbonyl (C=O) groups excluding carboxylic acids is 1. The number of alkyl halides is 3. The van der Waals surface area contributed by atoms with Crippen LogP contribution in [0.25, 0.3) is 11.4 Å². The van der Waals surface area contributed by atoms with E-state index in [0.29, 0.717) is 11.4 Å². The van der Waals surface area contributed by atoms with Gasteiger partial charge in [-0.1, -0.05) is 19.0 Å². The van der Waals surface area contributed by atoms with Crippen LogP contribution in [0.4, 0.5) is 13.2 Å². The van der Waals surface area contributed by atoms with Crippen LogP contribution in [-0.2, 0) is 0 Å². The summed E-state index contributed by atoms with van der Waals surface area (Å²) in [6.45, 7) is 3.73. The topological polar surface area (TPSA) is 90.1 Å². The highest BCUT2D eigenvalue weighted by Crippen LogP contribution is 2.25. The van der Waals surface area contributed by atoms with Crippen LogP contribution >= 0.6 is 0 Å². The molecule has 1 N–H and O–H groups in total. The maximum atomic E-state index is 12.5. The fourth-order valence-corrected chi connectivity index (χ4v) is 2.53. The first-order valence-electron chi connectivity index (χ1n) is 8.63. The van der Waals surface area contributed by atoms with E-state index >= 15 is 0 Å². The predicted octanol–water partition coefficient (Wildman–Crippen LogP) is 4.16. The van der Waals surface area contributed by atoms with Gasteiger partial charge in [-0.25, -0.2) is 0 Å². The Morgan fingerprint density at radius 1 is 1.10 bits per heavy atom. The number of aromatic nitrogens is 3. The maximum absolute atomic E-state index is 12.5. The molecular formula is C19H17F3N4O3. The number of benzene rings is 1. The van der Waals surface area contributed by atoms with Gasteiger partial charge in [-0.05, 0) is 42.3 Å². The minimum absolute atomic E-state index is 0.0856. The smallest absolute Gasteiger partial charge is 0.406 e. The van der Waals surface area contributed by atoms with Crippen LogP contribution < -0.4 is 10.1 Å². The number of nitrogens with zero attached hydrogens (tertiary/aromatic N) is 3. The zero-order chi connectivity index (χ0) is 21.0. The van der Waals surface area contributed by atoms with Gasteiger partial charge in [0.25, 0.3) is 5.91 Å². The van der Waals surface area contributed by atoms with Gasteiger partial charge in [0.1, 0.15) is 11.8 Å². The van der Waals surface area contributed by atoms with Gasteiger partial charge in [-0.3, -0.25) is 9.78 Å². The average molecular weight is 406 g/mol. The Hall–Kier alpha value is -3.43. The largest absolute Gasteiger partial charge is 0.573 e. The second kappa shape index (κ2) is 8.29. The SMILES string of the molecule is CC(C)[C@@H](NC(=O)c1ccc(OC(F)(F)F)cc1)c1nc(-c2ccncc2)no1. The number of hydrogen-bond donors (Lipinski definition) is 1. The third-order valence-corrected chi connectivity index (χ3v) is 3.95.